The van der Waals surface area contributed by atoms with Crippen molar-refractivity contribution >= 4 is 11.8 Å². The molecule has 0 radical (unpaired) electrons. The van der Waals surface area contributed by atoms with E-state index in [1.54, 1.807) is 0 Å². The molecule has 5 atom stereocenters. The molecule has 0 aromatic rings. The minimum absolute atomic E-state index is 0.0168. The third-order valence-electron chi connectivity index (χ3n) is 6.61. The first-order chi connectivity index (χ1) is 11.7. The minimum Gasteiger partial charge on any atom is -0.355 e. The van der Waals surface area contributed by atoms with Crippen LogP contribution in [-0.4, -0.2) is 38.0 Å². The molecule has 0 aromatic heterocycles. The number of amides is 2. The summed E-state index contributed by atoms with van der Waals surface area (Å²) in [5.41, 5.74) is 0. The molecule has 2 aliphatic carbocycles. The largest absolute Gasteiger partial charge is 0.355 e. The van der Waals surface area contributed by atoms with E-state index in [9.17, 15) is 9.59 Å². The van der Waals surface area contributed by atoms with Crippen LogP contribution in [0.2, 0.25) is 0 Å². The van der Waals surface area contributed by atoms with Crippen LogP contribution >= 0.6 is 0 Å². The molecular formula is C19H33N3O2. The van der Waals surface area contributed by atoms with Gasteiger partial charge in [0.15, 0.2) is 0 Å². The van der Waals surface area contributed by atoms with Crippen LogP contribution in [0, 0.1) is 23.7 Å². The predicted octanol–water partition coefficient (Wildman–Crippen LogP) is 1.82. The third kappa shape index (κ3) is 4.29. The zero-order valence-corrected chi connectivity index (χ0v) is 15.0. The van der Waals surface area contributed by atoms with Crippen molar-refractivity contribution in [2.75, 3.05) is 20.1 Å². The Morgan fingerprint density at radius 3 is 2.38 bits per heavy atom. The molecule has 2 saturated carbocycles. The zero-order valence-electron chi connectivity index (χ0n) is 15.0. The van der Waals surface area contributed by atoms with Crippen LogP contribution in [0.3, 0.4) is 0 Å². The van der Waals surface area contributed by atoms with E-state index in [2.05, 4.69) is 16.0 Å². The molecule has 3 rings (SSSR count). The second kappa shape index (κ2) is 8.32. The molecule has 136 valence electrons. The molecule has 3 N–H and O–H groups in total. The van der Waals surface area contributed by atoms with Gasteiger partial charge in [0.25, 0.3) is 0 Å². The van der Waals surface area contributed by atoms with Crippen LogP contribution in [0.1, 0.15) is 57.8 Å². The van der Waals surface area contributed by atoms with Gasteiger partial charge in [0.05, 0.1) is 12.6 Å². The van der Waals surface area contributed by atoms with Gasteiger partial charge in [-0.15, -0.1) is 0 Å². The minimum atomic E-state index is -0.164. The molecule has 2 amide bonds. The number of rotatable bonds is 1. The molecule has 5 heteroatoms. The number of fused-ring (bicyclic) bond motifs is 5. The second-order valence-corrected chi connectivity index (χ2v) is 8.10. The normalized spacial score (nSPS) is 38.6. The first kappa shape index (κ1) is 17.7. The first-order valence-electron chi connectivity index (χ1n) is 9.89. The average Bonchev–Trinajstić information content (AvgIpc) is 2.60. The van der Waals surface area contributed by atoms with Gasteiger partial charge in [-0.1, -0.05) is 32.1 Å². The van der Waals surface area contributed by atoms with Gasteiger partial charge in [-0.05, 0) is 56.4 Å². The lowest BCUT2D eigenvalue weighted by atomic mass is 9.66. The average molecular weight is 335 g/mol. The number of hydrogen-bond donors (Lipinski definition) is 3. The summed E-state index contributed by atoms with van der Waals surface area (Å²) in [5.74, 6) is 2.70. The van der Waals surface area contributed by atoms with Crippen molar-refractivity contribution in [2.24, 2.45) is 23.7 Å². The van der Waals surface area contributed by atoms with Gasteiger partial charge in [-0.25, -0.2) is 0 Å². The van der Waals surface area contributed by atoms with Crippen molar-refractivity contribution in [3.8, 4) is 0 Å². The van der Waals surface area contributed by atoms with Crippen molar-refractivity contribution in [2.45, 2.75) is 63.8 Å². The number of hydrogen-bond acceptors (Lipinski definition) is 3. The van der Waals surface area contributed by atoms with Crippen LogP contribution in [0.4, 0.5) is 0 Å². The SMILES string of the molecule is CN[C@@H]1C(=O)NCC(=O)NCC[C@H]2CCC[C@@H](C2)[C@H]2CCC[C@H]1C2. The van der Waals surface area contributed by atoms with Crippen molar-refractivity contribution in [3.05, 3.63) is 0 Å². The molecule has 3 fully saturated rings. The summed E-state index contributed by atoms with van der Waals surface area (Å²) >= 11 is 0. The maximum absolute atomic E-state index is 12.5. The van der Waals surface area contributed by atoms with Crippen LogP contribution < -0.4 is 16.0 Å². The van der Waals surface area contributed by atoms with E-state index >= 15 is 0 Å². The molecule has 4 bridgehead atoms. The van der Waals surface area contributed by atoms with E-state index < -0.39 is 0 Å². The van der Waals surface area contributed by atoms with E-state index in [1.807, 2.05) is 7.05 Å². The fourth-order valence-electron chi connectivity index (χ4n) is 5.36. The lowest BCUT2D eigenvalue weighted by Gasteiger charge is -2.41. The van der Waals surface area contributed by atoms with Crippen molar-refractivity contribution < 1.29 is 9.59 Å². The molecule has 1 aliphatic heterocycles. The quantitative estimate of drug-likeness (QED) is 0.685. The lowest BCUT2D eigenvalue weighted by Crippen LogP contribution is -2.51. The van der Waals surface area contributed by atoms with Crippen LogP contribution in [-0.2, 0) is 9.59 Å². The Bertz CT molecular complexity index is 454. The number of likely N-dealkylation sites (N-methyl/N-ethyl adjacent to an activating group) is 1. The maximum atomic E-state index is 12.5. The standard InChI is InChI=1S/C19H33N3O2/c1-20-18-16-7-3-6-15(11-16)14-5-2-4-13(10-14)8-9-21-17(23)12-22-19(18)24/h13-16,18,20H,2-12H2,1H3,(H,21,23)(H,22,24)/t13-,14+,15+,16+,18+/m1/s1. The van der Waals surface area contributed by atoms with Crippen LogP contribution in [0.25, 0.3) is 0 Å². The Morgan fingerprint density at radius 1 is 0.875 bits per heavy atom. The Kier molecular flexibility index (Phi) is 6.14. The molecule has 0 aromatic carbocycles. The summed E-state index contributed by atoms with van der Waals surface area (Å²) in [6.45, 7) is 0.843. The van der Waals surface area contributed by atoms with Gasteiger partial charge in [0, 0.05) is 6.54 Å². The van der Waals surface area contributed by atoms with Crippen LogP contribution in [0.5, 0.6) is 0 Å². The smallest absolute Gasteiger partial charge is 0.239 e. The summed E-state index contributed by atoms with van der Waals surface area (Å²) in [4.78, 5) is 24.5. The molecule has 0 unspecified atom stereocenters. The van der Waals surface area contributed by atoms with Gasteiger partial charge < -0.3 is 16.0 Å². The van der Waals surface area contributed by atoms with Gasteiger partial charge >= 0.3 is 0 Å². The highest BCUT2D eigenvalue weighted by Crippen LogP contribution is 2.43. The Hall–Kier alpha value is -1.10. The van der Waals surface area contributed by atoms with E-state index in [1.165, 1.54) is 44.9 Å². The Morgan fingerprint density at radius 2 is 1.58 bits per heavy atom. The summed E-state index contributed by atoms with van der Waals surface area (Å²) in [7, 11) is 1.87. The predicted molar refractivity (Wildman–Crippen MR) is 94.4 cm³/mol. The third-order valence-corrected chi connectivity index (χ3v) is 6.61. The van der Waals surface area contributed by atoms with Crippen molar-refractivity contribution in [1.29, 1.82) is 0 Å². The summed E-state index contributed by atoms with van der Waals surface area (Å²) < 4.78 is 0. The zero-order chi connectivity index (χ0) is 16.9. The van der Waals surface area contributed by atoms with E-state index in [0.717, 1.165) is 37.1 Å². The fraction of sp³-hybridized carbons (Fsp3) is 0.895. The Labute approximate surface area is 145 Å². The molecule has 24 heavy (non-hydrogen) atoms. The highest BCUT2D eigenvalue weighted by molar-refractivity contribution is 5.87. The van der Waals surface area contributed by atoms with E-state index in [4.69, 9.17) is 0 Å². The van der Waals surface area contributed by atoms with Gasteiger partial charge in [-0.3, -0.25) is 9.59 Å². The number of nitrogens with one attached hydrogen (secondary N) is 3. The summed E-state index contributed by atoms with van der Waals surface area (Å²) in [6.07, 6.45) is 11.3. The van der Waals surface area contributed by atoms with E-state index in [-0.39, 0.29) is 24.4 Å². The summed E-state index contributed by atoms with van der Waals surface area (Å²) in [5, 5.41) is 9.01. The van der Waals surface area contributed by atoms with Gasteiger partial charge in [0.2, 0.25) is 11.8 Å². The topological polar surface area (TPSA) is 70.2 Å². The maximum Gasteiger partial charge on any atom is 0.239 e. The fourth-order valence-corrected chi connectivity index (χ4v) is 5.36. The summed E-state index contributed by atoms with van der Waals surface area (Å²) in [6, 6.07) is -0.164. The van der Waals surface area contributed by atoms with E-state index in [0.29, 0.717) is 5.92 Å². The molecule has 1 saturated heterocycles. The lowest BCUT2D eigenvalue weighted by molar-refractivity contribution is -0.128. The molecule has 0 spiro atoms. The van der Waals surface area contributed by atoms with Crippen molar-refractivity contribution in [1.82, 2.24) is 16.0 Å². The molecule has 1 heterocycles. The first-order valence-corrected chi connectivity index (χ1v) is 9.89. The number of carbonyl (C=O) groups is 2. The van der Waals surface area contributed by atoms with Crippen LogP contribution in [0.15, 0.2) is 0 Å². The van der Waals surface area contributed by atoms with Crippen molar-refractivity contribution in [3.63, 3.8) is 0 Å². The number of carbonyl (C=O) groups excluding carboxylic acids is 2. The highest BCUT2D eigenvalue weighted by Gasteiger charge is 2.36. The monoisotopic (exact) mass is 335 g/mol. The Balaban J connectivity index is 1.74. The molecule has 3 aliphatic rings. The highest BCUT2D eigenvalue weighted by atomic mass is 16.2. The second-order valence-electron chi connectivity index (χ2n) is 8.10. The van der Waals surface area contributed by atoms with Gasteiger partial charge in [-0.2, -0.15) is 0 Å². The van der Waals surface area contributed by atoms with Gasteiger partial charge in [0.1, 0.15) is 0 Å². The molecule has 5 nitrogen and oxygen atoms in total. The molecular weight excluding hydrogens is 302 g/mol.